The number of aromatic amines is 1. The van der Waals surface area contributed by atoms with E-state index in [1.165, 1.54) is 18.7 Å². The first-order chi connectivity index (χ1) is 32.6. The summed E-state index contributed by atoms with van der Waals surface area (Å²) in [4.78, 5) is 115. The molecule has 0 fully saturated rings. The van der Waals surface area contributed by atoms with Crippen LogP contribution in [0, 0.1) is 23.7 Å². The number of para-hydroxylation sites is 1. The molecule has 68 heavy (non-hydrogen) atoms. The van der Waals surface area contributed by atoms with Crippen LogP contribution < -0.4 is 32.7 Å². The number of nitrogens with one attached hydrogen (secondary N) is 5. The van der Waals surface area contributed by atoms with Gasteiger partial charge in [-0.05, 0) is 82.2 Å². The SMILES string of the molecule is C=CCN1CC#CCN(CC(=O)[C@H](C)NC(C)=O)C(=O)N[C@H](Cc2c[nH]c3ccccc23)C(=O)C[C@@H](C)C(=O)N[C@H](C(=O)C[C@H](Cc2ccccc2)C(=O)N[C@@H](CCCCN)C(N)=O)CCCC1. The minimum absolute atomic E-state index is 0.0464. The Morgan fingerprint density at radius 2 is 1.68 bits per heavy atom. The Bertz CT molecular complexity index is 2290. The average molecular weight is 936 g/mol. The molecule has 1 aliphatic rings. The number of unbranched alkanes of at least 4 members (excludes halogenated alkanes) is 1. The fourth-order valence-corrected chi connectivity index (χ4v) is 8.11. The van der Waals surface area contributed by atoms with E-state index in [-0.39, 0.29) is 51.6 Å². The molecule has 0 radical (unpaired) electrons. The van der Waals surface area contributed by atoms with Crippen LogP contribution >= 0.6 is 0 Å². The van der Waals surface area contributed by atoms with Crippen molar-refractivity contribution in [3.63, 3.8) is 0 Å². The number of H-pyrrole nitrogens is 1. The Morgan fingerprint density at radius 1 is 0.956 bits per heavy atom. The number of fused-ring (bicyclic) bond motifs is 1. The van der Waals surface area contributed by atoms with E-state index in [0.717, 1.165) is 22.0 Å². The van der Waals surface area contributed by atoms with Gasteiger partial charge in [-0.3, -0.25) is 38.5 Å². The maximum Gasteiger partial charge on any atom is 0.319 e. The van der Waals surface area contributed by atoms with Crippen LogP contribution in [0.2, 0.25) is 0 Å². The molecular formula is C51H69N9O8. The lowest BCUT2D eigenvalue weighted by molar-refractivity contribution is -0.134. The van der Waals surface area contributed by atoms with Crippen molar-refractivity contribution in [1.29, 1.82) is 0 Å². The van der Waals surface area contributed by atoms with Gasteiger partial charge in [0.15, 0.2) is 17.3 Å². The lowest BCUT2D eigenvalue weighted by atomic mass is 9.89. The van der Waals surface area contributed by atoms with Gasteiger partial charge in [-0.2, -0.15) is 0 Å². The molecule has 0 saturated heterocycles. The topological polar surface area (TPSA) is 259 Å². The molecule has 17 heteroatoms. The number of carbonyl (C=O) groups is 8. The first-order valence-electron chi connectivity index (χ1n) is 23.5. The van der Waals surface area contributed by atoms with Crippen molar-refractivity contribution in [2.75, 3.05) is 39.3 Å². The normalized spacial score (nSPS) is 19.3. The quantitative estimate of drug-likeness (QED) is 0.0495. The molecule has 17 nitrogen and oxygen atoms in total. The Kier molecular flexibility index (Phi) is 22.1. The monoisotopic (exact) mass is 936 g/mol. The molecule has 0 spiro atoms. The van der Waals surface area contributed by atoms with Gasteiger partial charge in [-0.1, -0.05) is 73.4 Å². The summed E-state index contributed by atoms with van der Waals surface area (Å²) in [6.45, 7) is 9.41. The van der Waals surface area contributed by atoms with Crippen molar-refractivity contribution >= 4 is 57.9 Å². The van der Waals surface area contributed by atoms with E-state index < -0.39 is 89.6 Å². The number of hydrogen-bond acceptors (Lipinski definition) is 10. The minimum atomic E-state index is -1.16. The average Bonchev–Trinajstić information content (AvgIpc) is 3.71. The highest BCUT2D eigenvalue weighted by molar-refractivity contribution is 5.97. The number of nitrogens with zero attached hydrogens (tertiary/aromatic N) is 2. The van der Waals surface area contributed by atoms with Crippen LogP contribution in [0.15, 0.2) is 73.4 Å². The molecule has 1 aromatic heterocycles. The molecule has 6 amide bonds. The van der Waals surface area contributed by atoms with Crippen LogP contribution in [-0.2, 0) is 46.4 Å². The zero-order valence-corrected chi connectivity index (χ0v) is 39.7. The number of ketones is 3. The number of hydrogen-bond donors (Lipinski definition) is 7. The van der Waals surface area contributed by atoms with E-state index >= 15 is 0 Å². The molecule has 6 atom stereocenters. The van der Waals surface area contributed by atoms with Gasteiger partial charge in [-0.15, -0.1) is 6.58 Å². The van der Waals surface area contributed by atoms with Gasteiger partial charge in [0.2, 0.25) is 23.6 Å². The summed E-state index contributed by atoms with van der Waals surface area (Å²) in [5, 5.41) is 11.9. The Balaban J connectivity index is 1.66. The van der Waals surface area contributed by atoms with Crippen LogP contribution in [0.1, 0.15) is 83.3 Å². The smallest absolute Gasteiger partial charge is 0.319 e. The Hall–Kier alpha value is -6.64. The van der Waals surface area contributed by atoms with Gasteiger partial charge in [0.25, 0.3) is 0 Å². The number of Topliss-reactive ketones (excluding diaryl/α,β-unsaturated/α-hetero) is 3. The van der Waals surface area contributed by atoms with E-state index in [1.807, 2.05) is 59.5 Å². The molecular weight excluding hydrogens is 867 g/mol. The van der Waals surface area contributed by atoms with Gasteiger partial charge in [0.05, 0.1) is 37.8 Å². The Morgan fingerprint density at radius 3 is 2.38 bits per heavy atom. The molecule has 0 aliphatic carbocycles. The summed E-state index contributed by atoms with van der Waals surface area (Å²) in [6, 6.07) is 11.9. The van der Waals surface area contributed by atoms with Crippen molar-refractivity contribution in [2.24, 2.45) is 23.3 Å². The zero-order chi connectivity index (χ0) is 49.6. The third-order valence-electron chi connectivity index (χ3n) is 12.0. The number of urea groups is 1. The van der Waals surface area contributed by atoms with Crippen molar-refractivity contribution in [2.45, 2.75) is 109 Å². The molecule has 9 N–H and O–H groups in total. The highest BCUT2D eigenvalue weighted by Gasteiger charge is 2.33. The summed E-state index contributed by atoms with van der Waals surface area (Å²) in [5.41, 5.74) is 13.7. The summed E-state index contributed by atoms with van der Waals surface area (Å²) in [6.07, 6.45) is 5.96. The second-order valence-corrected chi connectivity index (χ2v) is 17.6. The molecule has 1 aliphatic heterocycles. The highest BCUT2D eigenvalue weighted by Crippen LogP contribution is 2.22. The molecule has 0 saturated carbocycles. The standard InChI is InChI=1S/C51H69N9O8/c1-5-24-59-25-14-12-21-42(46(63)31-38(29-37-17-7-6-8-18-37)50(67)57-43(48(53)65)22-11-13-23-52)56-49(66)34(2)28-45(62)44(30-39-32-54-41-20-10-9-19-40(39)41)58-51(68)60(27-16-15-26-59)33-47(64)35(3)55-36(4)61/h5-10,17-20,32,34-35,38,42-44,54H,1,11-14,21-31,33,52H2,2-4H3,(H2,53,65)(H,55,61)(H,56,66)(H,57,67)(H,58,68)/t34-,35+,38+,42+,43+,44-/m1/s1. The zero-order valence-electron chi connectivity index (χ0n) is 39.7. The largest absolute Gasteiger partial charge is 0.368 e. The fraction of sp³-hybridized carbons (Fsp3) is 0.490. The lowest BCUT2D eigenvalue weighted by Gasteiger charge is -2.26. The van der Waals surface area contributed by atoms with E-state index in [4.69, 9.17) is 11.5 Å². The molecule has 2 aromatic carbocycles. The van der Waals surface area contributed by atoms with E-state index in [1.54, 1.807) is 19.2 Å². The number of amides is 6. The summed E-state index contributed by atoms with van der Waals surface area (Å²) in [7, 11) is 0. The fourth-order valence-electron chi connectivity index (χ4n) is 8.11. The van der Waals surface area contributed by atoms with E-state index in [0.29, 0.717) is 45.3 Å². The molecule has 2 heterocycles. The van der Waals surface area contributed by atoms with Gasteiger partial charge in [-0.25, -0.2) is 4.79 Å². The van der Waals surface area contributed by atoms with Crippen molar-refractivity contribution in [3.05, 3.63) is 84.6 Å². The summed E-state index contributed by atoms with van der Waals surface area (Å²) in [5.74, 6) is 0.736. The number of primary amides is 1. The molecule has 0 bridgehead atoms. The number of carbonyl (C=O) groups excluding carboxylic acids is 8. The molecule has 0 unspecified atom stereocenters. The first kappa shape index (κ1) is 54.0. The minimum Gasteiger partial charge on any atom is -0.368 e. The summed E-state index contributed by atoms with van der Waals surface area (Å²) < 4.78 is 0. The van der Waals surface area contributed by atoms with Gasteiger partial charge < -0.3 is 42.6 Å². The van der Waals surface area contributed by atoms with E-state index in [9.17, 15) is 38.4 Å². The maximum absolute atomic E-state index is 14.4. The number of aromatic nitrogens is 1. The molecule has 4 rings (SSSR count). The summed E-state index contributed by atoms with van der Waals surface area (Å²) >= 11 is 0. The van der Waals surface area contributed by atoms with Crippen LogP contribution in [0.25, 0.3) is 10.9 Å². The first-order valence-corrected chi connectivity index (χ1v) is 23.5. The van der Waals surface area contributed by atoms with Crippen molar-refractivity contribution in [1.82, 2.24) is 36.1 Å². The second-order valence-electron chi connectivity index (χ2n) is 17.6. The van der Waals surface area contributed by atoms with Crippen molar-refractivity contribution < 1.29 is 38.4 Å². The number of rotatable bonds is 20. The molecule has 366 valence electrons. The van der Waals surface area contributed by atoms with Crippen LogP contribution in [0.5, 0.6) is 0 Å². The van der Waals surface area contributed by atoms with Gasteiger partial charge in [0, 0.05) is 61.7 Å². The van der Waals surface area contributed by atoms with Crippen LogP contribution in [0.4, 0.5) is 4.79 Å². The maximum atomic E-state index is 14.4. The Labute approximate surface area is 399 Å². The van der Waals surface area contributed by atoms with Gasteiger partial charge in [0.1, 0.15) is 6.04 Å². The predicted molar refractivity (Wildman–Crippen MR) is 260 cm³/mol. The molecule has 3 aromatic rings. The lowest BCUT2D eigenvalue weighted by Crippen LogP contribution is -2.52. The number of benzene rings is 2. The highest BCUT2D eigenvalue weighted by atomic mass is 16.2. The van der Waals surface area contributed by atoms with Gasteiger partial charge >= 0.3 is 6.03 Å². The van der Waals surface area contributed by atoms with E-state index in [2.05, 4.69) is 44.7 Å². The number of nitrogens with two attached hydrogens (primary N) is 2. The van der Waals surface area contributed by atoms with Crippen LogP contribution in [0.3, 0.4) is 0 Å². The second kappa shape index (κ2) is 27.9. The van der Waals surface area contributed by atoms with Crippen molar-refractivity contribution in [3.8, 4) is 11.8 Å². The predicted octanol–water partition coefficient (Wildman–Crippen LogP) is 2.86. The third-order valence-corrected chi connectivity index (χ3v) is 12.0. The third kappa shape index (κ3) is 17.5. The van der Waals surface area contributed by atoms with Crippen LogP contribution in [-0.4, -0.2) is 125 Å².